The van der Waals surface area contributed by atoms with Crippen LogP contribution in [0.5, 0.6) is 5.75 Å². The van der Waals surface area contributed by atoms with Crippen LogP contribution in [-0.4, -0.2) is 27.3 Å². The molecule has 0 aliphatic carbocycles. The second-order valence-corrected chi connectivity index (χ2v) is 7.35. The second kappa shape index (κ2) is 7.60. The van der Waals surface area contributed by atoms with Crippen molar-refractivity contribution in [3.63, 3.8) is 0 Å². The van der Waals surface area contributed by atoms with Crippen molar-refractivity contribution in [3.8, 4) is 11.8 Å². The number of hydrogen-bond donors (Lipinski definition) is 1. The van der Waals surface area contributed by atoms with Gasteiger partial charge in [0.1, 0.15) is 23.7 Å². The molecular weight excluding hydrogens is 381 g/mol. The van der Waals surface area contributed by atoms with E-state index in [1.54, 1.807) is 40.9 Å². The maximum absolute atomic E-state index is 12.0. The molecule has 0 radical (unpaired) electrons. The number of aromatic nitrogens is 3. The highest BCUT2D eigenvalue weighted by atomic mass is 31.1. The Balaban J connectivity index is 1.44. The van der Waals surface area contributed by atoms with Gasteiger partial charge in [0.2, 0.25) is 0 Å². The molecule has 28 heavy (non-hydrogen) atoms. The summed E-state index contributed by atoms with van der Waals surface area (Å²) >= 11 is 0. The van der Waals surface area contributed by atoms with Gasteiger partial charge in [0.15, 0.2) is 11.4 Å². The molecule has 2 N–H and O–H groups in total. The van der Waals surface area contributed by atoms with Gasteiger partial charge < -0.3 is 15.0 Å². The standard InChI is InChI=1S/C18H18N5O4P/c19-11-18(16-7-6-15-17(20)21-12-22-23(15)16)9-8-14(26-18)10-25-28(24)27-13-4-2-1-3-5-13/h1-7,12,14,28H,8-10H2,(H2,20,21,22)/t14-,18-/m0/s1. The maximum atomic E-state index is 12.0. The zero-order chi connectivity index (χ0) is 19.6. The Morgan fingerprint density at radius 3 is 2.96 bits per heavy atom. The van der Waals surface area contributed by atoms with Crippen LogP contribution >= 0.6 is 8.25 Å². The summed E-state index contributed by atoms with van der Waals surface area (Å²) in [5.41, 5.74) is 5.87. The molecule has 1 aliphatic heterocycles. The average molecular weight is 399 g/mol. The van der Waals surface area contributed by atoms with Gasteiger partial charge in [-0.2, -0.15) is 10.4 Å². The summed E-state index contributed by atoms with van der Waals surface area (Å²) < 4.78 is 30.2. The number of hydrogen-bond acceptors (Lipinski definition) is 8. The molecule has 2 aromatic heterocycles. The van der Waals surface area contributed by atoms with E-state index in [2.05, 4.69) is 16.2 Å². The van der Waals surface area contributed by atoms with Crippen LogP contribution in [0.4, 0.5) is 5.82 Å². The summed E-state index contributed by atoms with van der Waals surface area (Å²) in [5.74, 6) is 0.797. The number of para-hydroxylation sites is 1. The number of anilines is 1. The summed E-state index contributed by atoms with van der Waals surface area (Å²) in [7, 11) is -2.72. The first-order valence-electron chi connectivity index (χ1n) is 8.69. The molecule has 0 bridgehead atoms. The van der Waals surface area contributed by atoms with E-state index >= 15 is 0 Å². The van der Waals surface area contributed by atoms with Crippen LogP contribution in [0.25, 0.3) is 5.52 Å². The minimum absolute atomic E-state index is 0.0640. The highest BCUT2D eigenvalue weighted by molar-refractivity contribution is 7.33. The smallest absolute Gasteiger partial charge is 0.367 e. The summed E-state index contributed by atoms with van der Waals surface area (Å²) in [5, 5.41) is 14.0. The fraction of sp³-hybridized carbons (Fsp3) is 0.278. The fourth-order valence-corrected chi connectivity index (χ4v) is 3.96. The SMILES string of the molecule is N#C[C@]1(c2ccc3c(N)ncnn23)CC[C@@H](CO[PH](=O)Oc2ccccc2)O1. The van der Waals surface area contributed by atoms with E-state index in [-0.39, 0.29) is 6.61 Å². The van der Waals surface area contributed by atoms with E-state index in [1.165, 1.54) is 6.33 Å². The van der Waals surface area contributed by atoms with Gasteiger partial charge in [0.25, 0.3) is 0 Å². The molecule has 1 unspecified atom stereocenters. The Morgan fingerprint density at radius 2 is 2.18 bits per heavy atom. The van der Waals surface area contributed by atoms with Gasteiger partial charge in [-0.25, -0.2) is 14.1 Å². The quantitative estimate of drug-likeness (QED) is 0.627. The summed E-state index contributed by atoms with van der Waals surface area (Å²) in [6.07, 6.45) is 1.97. The number of fused-ring (bicyclic) bond motifs is 1. The molecule has 0 amide bonds. The molecule has 3 aromatic rings. The first-order valence-corrected chi connectivity index (χ1v) is 9.91. The van der Waals surface area contributed by atoms with Crippen molar-refractivity contribution in [3.05, 3.63) is 54.5 Å². The molecule has 1 fully saturated rings. The largest absolute Gasteiger partial charge is 0.426 e. The van der Waals surface area contributed by atoms with Gasteiger partial charge in [-0.05, 0) is 37.1 Å². The Kier molecular flexibility index (Phi) is 5.01. The van der Waals surface area contributed by atoms with Crippen LogP contribution in [0, 0.1) is 11.3 Å². The van der Waals surface area contributed by atoms with Crippen molar-refractivity contribution in [2.45, 2.75) is 24.5 Å². The lowest BCUT2D eigenvalue weighted by atomic mass is 9.98. The number of nitrogens with two attached hydrogens (primary N) is 1. The molecule has 9 nitrogen and oxygen atoms in total. The molecule has 144 valence electrons. The third-order valence-electron chi connectivity index (χ3n) is 4.59. The number of benzene rings is 1. The fourth-order valence-electron chi connectivity index (χ4n) is 3.25. The molecule has 4 rings (SSSR count). The highest BCUT2D eigenvalue weighted by Gasteiger charge is 2.44. The van der Waals surface area contributed by atoms with Gasteiger partial charge in [0.05, 0.1) is 18.4 Å². The monoisotopic (exact) mass is 399 g/mol. The van der Waals surface area contributed by atoms with Crippen molar-refractivity contribution >= 4 is 19.6 Å². The Morgan fingerprint density at radius 1 is 1.36 bits per heavy atom. The van der Waals surface area contributed by atoms with Crippen LogP contribution in [0.15, 0.2) is 48.8 Å². The molecule has 0 saturated carbocycles. The minimum Gasteiger partial charge on any atom is -0.426 e. The van der Waals surface area contributed by atoms with Crippen molar-refractivity contribution in [2.75, 3.05) is 12.3 Å². The lowest BCUT2D eigenvalue weighted by Crippen LogP contribution is -2.28. The van der Waals surface area contributed by atoms with E-state index in [4.69, 9.17) is 19.5 Å². The minimum atomic E-state index is -2.72. The zero-order valence-corrected chi connectivity index (χ0v) is 15.8. The van der Waals surface area contributed by atoms with Crippen molar-refractivity contribution in [1.29, 1.82) is 5.26 Å². The van der Waals surface area contributed by atoms with E-state index in [1.807, 2.05) is 6.07 Å². The third kappa shape index (κ3) is 3.45. The average Bonchev–Trinajstić information content (AvgIpc) is 3.33. The first-order chi connectivity index (χ1) is 13.6. The number of rotatable bonds is 6. The van der Waals surface area contributed by atoms with E-state index < -0.39 is 20.0 Å². The van der Waals surface area contributed by atoms with Crippen molar-refractivity contribution < 1.29 is 18.3 Å². The molecular formula is C18H18N5O4P. The van der Waals surface area contributed by atoms with Crippen LogP contribution in [0.2, 0.25) is 0 Å². The lowest BCUT2D eigenvalue weighted by Gasteiger charge is -2.21. The Labute approximate surface area is 161 Å². The van der Waals surface area contributed by atoms with Crippen molar-refractivity contribution in [2.24, 2.45) is 0 Å². The Hall–Kier alpha value is -2.92. The van der Waals surface area contributed by atoms with Crippen LogP contribution < -0.4 is 10.3 Å². The van der Waals surface area contributed by atoms with Gasteiger partial charge in [0, 0.05) is 0 Å². The molecule has 1 aromatic carbocycles. The van der Waals surface area contributed by atoms with Crippen LogP contribution in [-0.2, 0) is 19.4 Å². The Bertz CT molecular complexity index is 1050. The van der Waals surface area contributed by atoms with E-state index in [0.29, 0.717) is 35.6 Å². The summed E-state index contributed by atoms with van der Waals surface area (Å²) in [4.78, 5) is 3.95. The second-order valence-electron chi connectivity index (χ2n) is 6.35. The molecule has 3 atom stereocenters. The number of nitrogens with zero attached hydrogens (tertiary/aromatic N) is 4. The number of nitrogen functional groups attached to an aromatic ring is 1. The first kappa shape index (κ1) is 18.4. The summed E-state index contributed by atoms with van der Waals surface area (Å²) in [6, 6.07) is 14.6. The highest BCUT2D eigenvalue weighted by Crippen LogP contribution is 2.40. The topological polar surface area (TPSA) is 125 Å². The van der Waals surface area contributed by atoms with Crippen LogP contribution in [0.3, 0.4) is 0 Å². The van der Waals surface area contributed by atoms with Crippen molar-refractivity contribution in [1.82, 2.24) is 14.6 Å². The lowest BCUT2D eigenvalue weighted by molar-refractivity contribution is -0.0280. The maximum Gasteiger partial charge on any atom is 0.367 e. The van der Waals surface area contributed by atoms with Gasteiger partial charge in [-0.15, -0.1) is 0 Å². The molecule has 1 saturated heterocycles. The predicted octanol–water partition coefficient (Wildman–Crippen LogP) is 2.69. The molecule has 0 spiro atoms. The molecule has 10 heteroatoms. The normalized spacial score (nSPS) is 22.8. The zero-order valence-electron chi connectivity index (χ0n) is 14.8. The van der Waals surface area contributed by atoms with Crippen LogP contribution in [0.1, 0.15) is 18.5 Å². The van der Waals surface area contributed by atoms with E-state index in [9.17, 15) is 9.83 Å². The van der Waals surface area contributed by atoms with Gasteiger partial charge in [-0.3, -0.25) is 4.52 Å². The summed E-state index contributed by atoms with van der Waals surface area (Å²) in [6.45, 7) is 0.0640. The predicted molar refractivity (Wildman–Crippen MR) is 101 cm³/mol. The number of ether oxygens (including phenoxy) is 1. The molecule has 3 heterocycles. The van der Waals surface area contributed by atoms with E-state index in [0.717, 1.165) is 0 Å². The molecule has 1 aliphatic rings. The third-order valence-corrected chi connectivity index (χ3v) is 5.40. The van der Waals surface area contributed by atoms with Gasteiger partial charge in [-0.1, -0.05) is 18.2 Å². The number of nitriles is 1. The van der Waals surface area contributed by atoms with Gasteiger partial charge >= 0.3 is 8.25 Å².